The highest BCUT2D eigenvalue weighted by Crippen LogP contribution is 2.17. The molecule has 0 heterocycles. The maximum atomic E-state index is 11.8. The molecule has 0 spiro atoms. The Bertz CT molecular complexity index is 438. The van der Waals surface area contributed by atoms with Crippen molar-refractivity contribution in [2.75, 3.05) is 5.73 Å². The van der Waals surface area contributed by atoms with E-state index in [2.05, 4.69) is 0 Å². The molecule has 0 aliphatic rings. The van der Waals surface area contributed by atoms with Gasteiger partial charge in [0.2, 0.25) is 10.0 Å². The summed E-state index contributed by atoms with van der Waals surface area (Å²) in [6, 6.07) is 4.38. The lowest BCUT2D eigenvalue weighted by Crippen LogP contribution is -2.37. The van der Waals surface area contributed by atoms with E-state index in [1.807, 2.05) is 0 Å². The third kappa shape index (κ3) is 3.40. The lowest BCUT2D eigenvalue weighted by atomic mass is 10.3. The van der Waals surface area contributed by atoms with E-state index in [9.17, 15) is 21.6 Å². The topological polar surface area (TPSA) is 72.2 Å². The summed E-state index contributed by atoms with van der Waals surface area (Å²) in [5.41, 5.74) is 5.52. The van der Waals surface area contributed by atoms with Crippen molar-refractivity contribution in [3.05, 3.63) is 24.3 Å². The van der Waals surface area contributed by atoms with Crippen LogP contribution < -0.4 is 10.5 Å². The molecule has 4 nitrogen and oxygen atoms in total. The predicted octanol–water partition coefficient (Wildman–Crippen LogP) is 1.07. The maximum Gasteiger partial charge on any atom is 0.470 e. The molecule has 0 bridgehead atoms. The minimum Gasteiger partial charge on any atom is -0.399 e. The Morgan fingerprint density at radius 1 is 1.13 bits per heavy atom. The van der Waals surface area contributed by atoms with Gasteiger partial charge in [0.05, 0.1) is 4.90 Å². The van der Waals surface area contributed by atoms with Gasteiger partial charge in [0.15, 0.2) is 0 Å². The summed E-state index contributed by atoms with van der Waals surface area (Å²) in [4.78, 5) is -0.492. The Kier molecular flexibility index (Phi) is 2.91. The molecule has 1 rings (SSSR count). The summed E-state index contributed by atoms with van der Waals surface area (Å²) < 4.78 is 58.1. The molecule has 0 saturated heterocycles. The van der Waals surface area contributed by atoms with Crippen LogP contribution in [0.1, 0.15) is 0 Å². The highest BCUT2D eigenvalue weighted by molar-refractivity contribution is 7.89. The van der Waals surface area contributed by atoms with Crippen molar-refractivity contribution in [3.63, 3.8) is 0 Å². The van der Waals surface area contributed by atoms with Gasteiger partial charge in [-0.1, -0.05) is 0 Å². The molecule has 0 atom stereocenters. The van der Waals surface area contributed by atoms with E-state index in [0.29, 0.717) is 4.72 Å². The molecule has 0 amide bonds. The molecule has 1 aromatic rings. The van der Waals surface area contributed by atoms with Crippen molar-refractivity contribution in [1.29, 1.82) is 0 Å². The van der Waals surface area contributed by atoms with Crippen LogP contribution >= 0.6 is 0 Å². The van der Waals surface area contributed by atoms with E-state index in [-0.39, 0.29) is 5.69 Å². The van der Waals surface area contributed by atoms with Crippen LogP contribution in [0.15, 0.2) is 29.2 Å². The number of benzene rings is 1. The lowest BCUT2D eigenvalue weighted by molar-refractivity contribution is -0.138. The molecule has 0 unspecified atom stereocenters. The number of anilines is 1. The first kappa shape index (κ1) is 11.8. The number of nitrogen functional groups attached to an aromatic ring is 1. The third-order valence-electron chi connectivity index (χ3n) is 1.44. The zero-order valence-electron chi connectivity index (χ0n) is 7.25. The number of nitrogens with two attached hydrogens (primary N) is 1. The highest BCUT2D eigenvalue weighted by Gasteiger charge is 2.34. The number of nitrogens with one attached hydrogen (secondary N) is 1. The van der Waals surface area contributed by atoms with Crippen molar-refractivity contribution in [2.24, 2.45) is 0 Å². The summed E-state index contributed by atoms with van der Waals surface area (Å²) >= 11 is 0. The van der Waals surface area contributed by atoms with Gasteiger partial charge in [0.1, 0.15) is 0 Å². The Labute approximate surface area is 83.9 Å². The van der Waals surface area contributed by atoms with E-state index >= 15 is 0 Å². The first-order valence-electron chi connectivity index (χ1n) is 3.67. The summed E-state index contributed by atoms with van der Waals surface area (Å²) in [6.45, 7) is 0. The smallest absolute Gasteiger partial charge is 0.399 e. The molecule has 3 N–H and O–H groups in total. The monoisotopic (exact) mass is 240 g/mol. The average Bonchev–Trinajstić information content (AvgIpc) is 2.00. The number of sulfonamides is 1. The average molecular weight is 240 g/mol. The van der Waals surface area contributed by atoms with Gasteiger partial charge in [-0.2, -0.15) is 13.2 Å². The summed E-state index contributed by atoms with van der Waals surface area (Å²) in [6.07, 6.45) is -4.99. The fourth-order valence-electron chi connectivity index (χ4n) is 0.858. The summed E-state index contributed by atoms with van der Waals surface area (Å²) in [5.74, 6) is 0. The van der Waals surface area contributed by atoms with E-state index in [0.717, 1.165) is 12.1 Å². The number of alkyl halides is 3. The van der Waals surface area contributed by atoms with Gasteiger partial charge in [-0.25, -0.2) is 8.42 Å². The second-order valence-corrected chi connectivity index (χ2v) is 4.35. The predicted molar refractivity (Wildman–Crippen MR) is 47.2 cm³/mol. The summed E-state index contributed by atoms with van der Waals surface area (Å²) in [7, 11) is -4.57. The molecular formula is C7H7F3N2O2S. The van der Waals surface area contributed by atoms with Gasteiger partial charge < -0.3 is 5.73 Å². The summed E-state index contributed by atoms with van der Waals surface area (Å²) in [5, 5.41) is 0. The molecular weight excluding hydrogens is 233 g/mol. The van der Waals surface area contributed by atoms with Crippen LogP contribution in [0.5, 0.6) is 0 Å². The number of halogens is 3. The van der Waals surface area contributed by atoms with Crippen molar-refractivity contribution in [2.45, 2.75) is 11.2 Å². The lowest BCUT2D eigenvalue weighted by Gasteiger charge is -2.09. The van der Waals surface area contributed by atoms with E-state index in [1.165, 1.54) is 12.1 Å². The highest BCUT2D eigenvalue weighted by atomic mass is 32.2. The molecule has 0 aliphatic heterocycles. The van der Waals surface area contributed by atoms with Crippen molar-refractivity contribution in [3.8, 4) is 0 Å². The van der Waals surface area contributed by atoms with Crippen LogP contribution in [0.2, 0.25) is 0 Å². The van der Waals surface area contributed by atoms with Gasteiger partial charge in [-0.3, -0.25) is 0 Å². The number of hydrogen-bond donors (Lipinski definition) is 2. The van der Waals surface area contributed by atoms with Crippen LogP contribution in [0, 0.1) is 0 Å². The van der Waals surface area contributed by atoms with Gasteiger partial charge in [0, 0.05) is 5.69 Å². The Morgan fingerprint density at radius 2 is 1.60 bits per heavy atom. The molecule has 0 aliphatic carbocycles. The molecule has 15 heavy (non-hydrogen) atoms. The van der Waals surface area contributed by atoms with Crippen molar-refractivity contribution >= 4 is 15.7 Å². The molecule has 0 fully saturated rings. The third-order valence-corrected chi connectivity index (χ3v) is 2.83. The number of rotatable bonds is 2. The van der Waals surface area contributed by atoms with E-state index in [1.54, 1.807) is 0 Å². The molecule has 8 heteroatoms. The fraction of sp³-hybridized carbons (Fsp3) is 0.143. The van der Waals surface area contributed by atoms with E-state index < -0.39 is 21.2 Å². The second-order valence-electron chi connectivity index (χ2n) is 2.67. The maximum absolute atomic E-state index is 11.8. The quantitative estimate of drug-likeness (QED) is 0.600. The first-order valence-corrected chi connectivity index (χ1v) is 5.15. The van der Waals surface area contributed by atoms with E-state index in [4.69, 9.17) is 5.73 Å². The molecule has 1 aromatic carbocycles. The zero-order valence-corrected chi connectivity index (χ0v) is 8.06. The van der Waals surface area contributed by atoms with Gasteiger partial charge in [0.25, 0.3) is 0 Å². The number of hydrogen-bond acceptors (Lipinski definition) is 3. The van der Waals surface area contributed by atoms with Crippen LogP contribution in [0.3, 0.4) is 0 Å². The molecule has 0 radical (unpaired) electrons. The Morgan fingerprint density at radius 3 is 2.00 bits per heavy atom. The van der Waals surface area contributed by atoms with Crippen LogP contribution in [-0.4, -0.2) is 14.7 Å². The SMILES string of the molecule is Nc1ccc(S(=O)(=O)NC(F)(F)F)cc1. The minimum atomic E-state index is -4.99. The van der Waals surface area contributed by atoms with Gasteiger partial charge in [-0.15, -0.1) is 4.72 Å². The van der Waals surface area contributed by atoms with Crippen molar-refractivity contribution < 1.29 is 21.6 Å². The van der Waals surface area contributed by atoms with Crippen LogP contribution in [0.4, 0.5) is 18.9 Å². The Balaban J connectivity index is 3.02. The normalized spacial score (nSPS) is 12.7. The molecule has 84 valence electrons. The first-order chi connectivity index (χ1) is 6.71. The van der Waals surface area contributed by atoms with Crippen LogP contribution in [0.25, 0.3) is 0 Å². The molecule has 0 saturated carbocycles. The zero-order chi connectivity index (χ0) is 11.7. The van der Waals surface area contributed by atoms with Crippen LogP contribution in [-0.2, 0) is 10.0 Å². The standard InChI is InChI=1S/C7H7F3N2O2S/c8-7(9,10)12-15(13,14)6-3-1-5(11)2-4-6/h1-4,12H,11H2. The molecule has 0 aromatic heterocycles. The van der Waals surface area contributed by atoms with Gasteiger partial charge in [-0.05, 0) is 24.3 Å². The largest absolute Gasteiger partial charge is 0.470 e. The Hall–Kier alpha value is -1.28. The van der Waals surface area contributed by atoms with Crippen molar-refractivity contribution in [1.82, 2.24) is 4.72 Å². The minimum absolute atomic E-state index is 0.265. The fourth-order valence-corrected chi connectivity index (χ4v) is 1.78. The second kappa shape index (κ2) is 3.70. The van der Waals surface area contributed by atoms with Gasteiger partial charge >= 0.3 is 6.30 Å².